The average Bonchev–Trinajstić information content (AvgIpc) is 2.31. The molecule has 15 heavy (non-hydrogen) atoms. The molecule has 0 aliphatic rings. The molecule has 1 aromatic rings. The molecule has 0 aromatic heterocycles. The van der Waals surface area contributed by atoms with Crippen LogP contribution in [0.15, 0.2) is 30.3 Å². The lowest BCUT2D eigenvalue weighted by Crippen LogP contribution is -2.90. The van der Waals surface area contributed by atoms with Crippen molar-refractivity contribution in [3.63, 3.8) is 0 Å². The van der Waals surface area contributed by atoms with Crippen LogP contribution in [0.3, 0.4) is 0 Å². The van der Waals surface area contributed by atoms with Gasteiger partial charge in [-0.25, -0.2) is 0 Å². The quantitative estimate of drug-likeness (QED) is 0.683. The van der Waals surface area contributed by atoms with E-state index in [2.05, 4.69) is 24.1 Å². The summed E-state index contributed by atoms with van der Waals surface area (Å²) in [6, 6.07) is 10.2. The van der Waals surface area contributed by atoms with Gasteiger partial charge in [0.15, 0.2) is 0 Å². The van der Waals surface area contributed by atoms with E-state index >= 15 is 0 Å². The maximum Gasteiger partial charge on any atom is 0.138 e. The van der Waals surface area contributed by atoms with Crippen LogP contribution in [0.1, 0.15) is 18.9 Å². The molecule has 1 aromatic carbocycles. The standard InChI is InChI=1S/C13H17NO/c1-2-13(11-15)14-10-6-9-12-7-4-3-5-8-12/h3-5,7-8,13-15H,2,10-11H2,1H3/p+1/t13-/m1/s1. The van der Waals surface area contributed by atoms with Crippen LogP contribution in [-0.2, 0) is 0 Å². The highest BCUT2D eigenvalue weighted by molar-refractivity contribution is 5.33. The average molecular weight is 204 g/mol. The SMILES string of the molecule is CC[C@H](CO)[NH2+]CC#Cc1ccccc1. The van der Waals surface area contributed by atoms with E-state index in [1.165, 1.54) is 0 Å². The van der Waals surface area contributed by atoms with E-state index in [4.69, 9.17) is 5.11 Å². The van der Waals surface area contributed by atoms with E-state index in [1.807, 2.05) is 30.3 Å². The van der Waals surface area contributed by atoms with Crippen LogP contribution in [0.25, 0.3) is 0 Å². The van der Waals surface area contributed by atoms with Gasteiger partial charge in [0.2, 0.25) is 0 Å². The number of hydrogen-bond acceptors (Lipinski definition) is 1. The van der Waals surface area contributed by atoms with Gasteiger partial charge in [-0.15, -0.1) is 0 Å². The minimum atomic E-state index is 0.226. The van der Waals surface area contributed by atoms with Gasteiger partial charge in [-0.3, -0.25) is 0 Å². The first-order valence-electron chi connectivity index (χ1n) is 5.35. The molecule has 0 amide bonds. The molecule has 0 spiro atoms. The Labute approximate surface area is 91.3 Å². The minimum Gasteiger partial charge on any atom is -0.390 e. The molecule has 0 unspecified atom stereocenters. The van der Waals surface area contributed by atoms with Crippen molar-refractivity contribution in [2.75, 3.05) is 13.2 Å². The number of benzene rings is 1. The van der Waals surface area contributed by atoms with Gasteiger partial charge >= 0.3 is 0 Å². The summed E-state index contributed by atoms with van der Waals surface area (Å²) >= 11 is 0. The van der Waals surface area contributed by atoms with Crippen molar-refractivity contribution in [3.05, 3.63) is 35.9 Å². The fourth-order valence-corrected chi connectivity index (χ4v) is 1.27. The van der Waals surface area contributed by atoms with Crippen molar-refractivity contribution in [2.24, 2.45) is 0 Å². The highest BCUT2D eigenvalue weighted by Gasteiger charge is 2.04. The molecule has 2 nitrogen and oxygen atoms in total. The van der Waals surface area contributed by atoms with Crippen molar-refractivity contribution >= 4 is 0 Å². The van der Waals surface area contributed by atoms with Gasteiger partial charge in [0.25, 0.3) is 0 Å². The summed E-state index contributed by atoms with van der Waals surface area (Å²) in [5, 5.41) is 11.0. The number of aliphatic hydroxyl groups excluding tert-OH is 1. The largest absolute Gasteiger partial charge is 0.390 e. The van der Waals surface area contributed by atoms with Crippen LogP contribution in [0.4, 0.5) is 0 Å². The Bertz CT molecular complexity index is 319. The second kappa shape index (κ2) is 7.05. The minimum absolute atomic E-state index is 0.226. The number of aliphatic hydroxyl groups is 1. The molecule has 0 saturated heterocycles. The topological polar surface area (TPSA) is 36.8 Å². The highest BCUT2D eigenvalue weighted by atomic mass is 16.3. The summed E-state index contributed by atoms with van der Waals surface area (Å²) in [6.07, 6.45) is 0.976. The Hall–Kier alpha value is -1.30. The Morgan fingerprint density at radius 1 is 1.33 bits per heavy atom. The molecule has 0 radical (unpaired) electrons. The van der Waals surface area contributed by atoms with E-state index in [0.717, 1.165) is 18.5 Å². The molecule has 3 N–H and O–H groups in total. The fourth-order valence-electron chi connectivity index (χ4n) is 1.27. The Morgan fingerprint density at radius 2 is 2.07 bits per heavy atom. The van der Waals surface area contributed by atoms with Gasteiger partial charge in [-0.2, -0.15) is 0 Å². The monoisotopic (exact) mass is 204 g/mol. The van der Waals surface area contributed by atoms with Crippen molar-refractivity contribution in [3.8, 4) is 11.8 Å². The first-order chi connectivity index (χ1) is 7.36. The van der Waals surface area contributed by atoms with Gasteiger partial charge in [-0.05, 0) is 24.5 Å². The van der Waals surface area contributed by atoms with Crippen molar-refractivity contribution < 1.29 is 10.4 Å². The third-order valence-electron chi connectivity index (χ3n) is 2.32. The third-order valence-corrected chi connectivity index (χ3v) is 2.32. The first-order valence-corrected chi connectivity index (χ1v) is 5.35. The van der Waals surface area contributed by atoms with E-state index in [1.54, 1.807) is 0 Å². The summed E-state index contributed by atoms with van der Waals surface area (Å²) in [5.74, 6) is 6.17. The van der Waals surface area contributed by atoms with Crippen LogP contribution in [0, 0.1) is 11.8 Å². The number of quaternary nitrogens is 1. The van der Waals surface area contributed by atoms with Gasteiger partial charge < -0.3 is 10.4 Å². The fraction of sp³-hybridized carbons (Fsp3) is 0.385. The summed E-state index contributed by atoms with van der Waals surface area (Å²) < 4.78 is 0. The van der Waals surface area contributed by atoms with Crippen molar-refractivity contribution in [1.29, 1.82) is 0 Å². The molecule has 1 atom stereocenters. The first kappa shape index (κ1) is 11.8. The summed E-state index contributed by atoms with van der Waals surface area (Å²) in [6.45, 7) is 3.04. The zero-order chi connectivity index (χ0) is 10.9. The molecule has 0 saturated carbocycles. The summed E-state index contributed by atoms with van der Waals surface area (Å²) in [7, 11) is 0. The van der Waals surface area contributed by atoms with Crippen molar-refractivity contribution in [1.82, 2.24) is 0 Å². The Morgan fingerprint density at radius 3 is 2.67 bits per heavy atom. The van der Waals surface area contributed by atoms with Gasteiger partial charge in [0, 0.05) is 5.56 Å². The lowest BCUT2D eigenvalue weighted by molar-refractivity contribution is -0.681. The van der Waals surface area contributed by atoms with Gasteiger partial charge in [0.05, 0.1) is 6.61 Å². The van der Waals surface area contributed by atoms with Crippen LogP contribution in [-0.4, -0.2) is 24.3 Å². The second-order valence-electron chi connectivity index (χ2n) is 3.46. The molecular formula is C13H18NO+. The smallest absolute Gasteiger partial charge is 0.138 e. The van der Waals surface area contributed by atoms with E-state index < -0.39 is 0 Å². The van der Waals surface area contributed by atoms with Crippen LogP contribution in [0.5, 0.6) is 0 Å². The lowest BCUT2D eigenvalue weighted by Gasteiger charge is -2.06. The molecule has 0 aliphatic heterocycles. The molecule has 80 valence electrons. The van der Waals surface area contributed by atoms with Crippen molar-refractivity contribution in [2.45, 2.75) is 19.4 Å². The number of rotatable bonds is 4. The molecule has 0 bridgehead atoms. The molecular weight excluding hydrogens is 186 g/mol. The Balaban J connectivity index is 2.34. The Kier molecular flexibility index (Phi) is 5.54. The predicted molar refractivity (Wildman–Crippen MR) is 61.3 cm³/mol. The summed E-state index contributed by atoms with van der Waals surface area (Å²) in [5.41, 5.74) is 1.04. The predicted octanol–water partition coefficient (Wildman–Crippen LogP) is 0.372. The summed E-state index contributed by atoms with van der Waals surface area (Å²) in [4.78, 5) is 0. The van der Waals surface area contributed by atoms with Crippen LogP contribution >= 0.6 is 0 Å². The van der Waals surface area contributed by atoms with E-state index in [0.29, 0.717) is 0 Å². The molecule has 1 rings (SSSR count). The van der Waals surface area contributed by atoms with Gasteiger partial charge in [-0.1, -0.05) is 31.0 Å². The number of hydrogen-bond donors (Lipinski definition) is 2. The maximum atomic E-state index is 8.96. The third kappa shape index (κ3) is 4.64. The van der Waals surface area contributed by atoms with Gasteiger partial charge in [0.1, 0.15) is 12.6 Å². The van der Waals surface area contributed by atoms with Crippen LogP contribution < -0.4 is 5.32 Å². The maximum absolute atomic E-state index is 8.96. The number of nitrogens with two attached hydrogens (primary N) is 1. The lowest BCUT2D eigenvalue weighted by atomic mass is 10.2. The molecule has 0 heterocycles. The highest BCUT2D eigenvalue weighted by Crippen LogP contribution is 1.93. The normalized spacial score (nSPS) is 11.6. The molecule has 0 aliphatic carbocycles. The zero-order valence-electron chi connectivity index (χ0n) is 9.11. The zero-order valence-corrected chi connectivity index (χ0v) is 9.11. The second-order valence-corrected chi connectivity index (χ2v) is 3.46. The molecule has 0 fully saturated rings. The van der Waals surface area contributed by atoms with Crippen LogP contribution in [0.2, 0.25) is 0 Å². The molecule has 2 heteroatoms. The van der Waals surface area contributed by atoms with E-state index in [9.17, 15) is 0 Å². The van der Waals surface area contributed by atoms with E-state index in [-0.39, 0.29) is 12.6 Å².